The molecule has 1 aliphatic heterocycles. The predicted molar refractivity (Wildman–Crippen MR) is 53.5 cm³/mol. The van der Waals surface area contributed by atoms with Gasteiger partial charge >= 0.3 is 0 Å². The first-order valence-electron chi connectivity index (χ1n) is 3.50. The monoisotopic (exact) mass is 244 g/mol. The van der Waals surface area contributed by atoms with E-state index in [0.29, 0.717) is 0 Å². The van der Waals surface area contributed by atoms with Crippen LogP contribution in [0.15, 0.2) is 24.3 Å². The molecule has 0 saturated heterocycles. The first-order chi connectivity index (χ1) is 4.97. The third-order valence-corrected chi connectivity index (χ3v) is 4.46. The second-order valence-corrected chi connectivity index (χ2v) is 5.06. The molecule has 0 bridgehead atoms. The summed E-state index contributed by atoms with van der Waals surface area (Å²) in [5.74, 6) is 0. The minimum absolute atomic E-state index is 0.270. The third kappa shape index (κ3) is 1.15. The maximum Gasteiger partial charge on any atom is 0.0106 e. The Hall–Kier alpha value is -0.180. The van der Waals surface area contributed by atoms with Crippen molar-refractivity contribution in [1.82, 2.24) is 0 Å². The fraction of sp³-hybridized carbons (Fsp3) is 0.222. The molecule has 1 aromatic rings. The number of fused-ring (bicyclic) bond motifs is 1. The van der Waals surface area contributed by atoms with E-state index in [1.54, 1.807) is 9.13 Å². The average Bonchev–Trinajstić information content (AvgIpc) is 2.05. The highest BCUT2D eigenvalue weighted by Gasteiger charge is 2.01. The molecule has 0 aliphatic carbocycles. The Kier molecular flexibility index (Phi) is 1.84. The standard InChI is InChI=1S/C9H9I/c1-2-6-9-8(4-1)5-3-7-10-9/h1-2,4,6-7H,3,5H2. The number of benzene rings is 1. The average molecular weight is 244 g/mol. The second kappa shape index (κ2) is 2.82. The van der Waals surface area contributed by atoms with Gasteiger partial charge in [0.05, 0.1) is 0 Å². The van der Waals surface area contributed by atoms with Gasteiger partial charge in [0.25, 0.3) is 0 Å². The summed E-state index contributed by atoms with van der Waals surface area (Å²) in [6, 6.07) is 8.84. The molecule has 0 fully saturated rings. The highest BCUT2D eigenvalue weighted by Crippen LogP contribution is 2.21. The zero-order chi connectivity index (χ0) is 6.81. The zero-order valence-electron chi connectivity index (χ0n) is 5.68. The normalized spacial score (nSPS) is 15.6. The lowest BCUT2D eigenvalue weighted by Gasteiger charge is -2.07. The molecule has 1 heteroatoms. The van der Waals surface area contributed by atoms with Crippen LogP contribution in [0.4, 0.5) is 0 Å². The molecule has 0 nitrogen and oxygen atoms in total. The molecule has 0 aromatic heterocycles. The van der Waals surface area contributed by atoms with Crippen LogP contribution in [0, 0.1) is 3.57 Å². The first-order valence-corrected chi connectivity index (χ1v) is 5.82. The lowest BCUT2D eigenvalue weighted by atomic mass is 10.1. The van der Waals surface area contributed by atoms with E-state index < -0.39 is 0 Å². The summed E-state index contributed by atoms with van der Waals surface area (Å²) in [5.41, 5.74) is 1.60. The van der Waals surface area contributed by atoms with Gasteiger partial charge in [0.2, 0.25) is 0 Å². The van der Waals surface area contributed by atoms with Gasteiger partial charge in [-0.1, -0.05) is 42.9 Å². The van der Waals surface area contributed by atoms with Crippen LogP contribution in [0.3, 0.4) is 0 Å². The molecule has 52 valence electrons. The van der Waals surface area contributed by atoms with E-state index in [2.05, 4.69) is 28.3 Å². The van der Waals surface area contributed by atoms with Gasteiger partial charge in [-0.25, -0.2) is 0 Å². The Morgan fingerprint density at radius 2 is 2.10 bits per heavy atom. The van der Waals surface area contributed by atoms with Gasteiger partial charge in [-0.2, -0.15) is 0 Å². The quantitative estimate of drug-likeness (QED) is 0.615. The molecule has 1 heterocycles. The summed E-state index contributed by atoms with van der Waals surface area (Å²) in [7, 11) is 0. The van der Waals surface area contributed by atoms with Crippen LogP contribution in [0.5, 0.6) is 0 Å². The summed E-state index contributed by atoms with van der Waals surface area (Å²) in [6.45, 7) is 0. The topological polar surface area (TPSA) is 0 Å². The van der Waals surface area contributed by atoms with Crippen molar-refractivity contribution in [2.24, 2.45) is 0 Å². The van der Waals surface area contributed by atoms with Crippen LogP contribution < -0.4 is 0 Å². The van der Waals surface area contributed by atoms with Crippen LogP contribution in [0.1, 0.15) is 12.0 Å². The van der Waals surface area contributed by atoms with Crippen molar-refractivity contribution in [3.05, 3.63) is 33.4 Å². The highest BCUT2D eigenvalue weighted by molar-refractivity contribution is 14.2. The highest BCUT2D eigenvalue weighted by atomic mass is 127. The Bertz CT molecular complexity index is 263. The van der Waals surface area contributed by atoms with E-state index in [4.69, 9.17) is 0 Å². The van der Waals surface area contributed by atoms with E-state index >= 15 is 0 Å². The summed E-state index contributed by atoms with van der Waals surface area (Å²) in [6.07, 6.45) is 2.58. The second-order valence-electron chi connectivity index (χ2n) is 2.39. The molecular formula is C9H9I. The van der Waals surface area contributed by atoms with Crippen molar-refractivity contribution in [3.63, 3.8) is 0 Å². The molecule has 0 spiro atoms. The number of aryl methyl sites for hydroxylation is 1. The van der Waals surface area contributed by atoms with E-state index in [1.807, 2.05) is 0 Å². The Balaban J connectivity index is 2.54. The van der Waals surface area contributed by atoms with Crippen molar-refractivity contribution >= 4 is 24.7 Å². The van der Waals surface area contributed by atoms with E-state index in [-0.39, 0.29) is 20.7 Å². The maximum atomic E-state index is 2.47. The molecule has 1 aliphatic rings. The predicted octanol–water partition coefficient (Wildman–Crippen LogP) is 2.58. The molecule has 0 amide bonds. The van der Waals surface area contributed by atoms with Gasteiger partial charge in [0.15, 0.2) is 0 Å². The van der Waals surface area contributed by atoms with Gasteiger partial charge in [-0.05, 0) is 24.5 Å². The van der Waals surface area contributed by atoms with Crippen LogP contribution in [0.25, 0.3) is 0 Å². The minimum atomic E-state index is 0.270. The molecular weight excluding hydrogens is 235 g/mol. The summed E-state index contributed by atoms with van der Waals surface area (Å²) in [4.78, 5) is 0. The van der Waals surface area contributed by atoms with Gasteiger partial charge in [-0.15, -0.1) is 0 Å². The number of halogens is 1. The molecule has 10 heavy (non-hydrogen) atoms. The van der Waals surface area contributed by atoms with E-state index in [1.165, 1.54) is 12.8 Å². The van der Waals surface area contributed by atoms with Crippen molar-refractivity contribution in [2.45, 2.75) is 12.8 Å². The van der Waals surface area contributed by atoms with Gasteiger partial charge in [0, 0.05) is 3.57 Å². The third-order valence-electron chi connectivity index (χ3n) is 1.68. The lowest BCUT2D eigenvalue weighted by molar-refractivity contribution is 1.05. The number of hydrogen-bond acceptors (Lipinski definition) is 0. The summed E-state index contributed by atoms with van der Waals surface area (Å²) >= 11 is 0.270. The van der Waals surface area contributed by atoms with E-state index in [0.717, 1.165) is 0 Å². The Morgan fingerprint density at radius 1 is 1.20 bits per heavy atom. The molecule has 0 radical (unpaired) electrons. The minimum Gasteiger partial charge on any atom is -0.0898 e. The largest absolute Gasteiger partial charge is 0.0898 e. The lowest BCUT2D eigenvalue weighted by Crippen LogP contribution is -1.93. The SMILES string of the molecule is C1=Ic2ccccc2CC1. The smallest absolute Gasteiger partial charge is 0.0106 e. The fourth-order valence-corrected chi connectivity index (χ4v) is 3.52. The van der Waals surface area contributed by atoms with Crippen LogP contribution in [0.2, 0.25) is 0 Å². The zero-order valence-corrected chi connectivity index (χ0v) is 7.84. The van der Waals surface area contributed by atoms with Gasteiger partial charge in [0.1, 0.15) is 0 Å². The van der Waals surface area contributed by atoms with Crippen molar-refractivity contribution < 1.29 is 0 Å². The fourth-order valence-electron chi connectivity index (χ4n) is 1.16. The number of hydrogen-bond donors (Lipinski definition) is 0. The van der Waals surface area contributed by atoms with Crippen molar-refractivity contribution in [3.8, 4) is 0 Å². The van der Waals surface area contributed by atoms with Crippen LogP contribution >= 0.6 is 20.7 Å². The van der Waals surface area contributed by atoms with Crippen LogP contribution in [-0.2, 0) is 6.42 Å². The molecule has 2 rings (SSSR count). The van der Waals surface area contributed by atoms with Gasteiger partial charge in [-0.3, -0.25) is 0 Å². The molecule has 0 atom stereocenters. The molecule has 0 unspecified atom stereocenters. The number of rotatable bonds is 0. The van der Waals surface area contributed by atoms with Crippen LogP contribution in [-0.4, -0.2) is 4.01 Å². The first kappa shape index (κ1) is 6.53. The van der Waals surface area contributed by atoms with E-state index in [9.17, 15) is 0 Å². The Labute approximate surface area is 71.0 Å². The maximum absolute atomic E-state index is 2.47. The molecule has 0 N–H and O–H groups in total. The van der Waals surface area contributed by atoms with Crippen molar-refractivity contribution in [2.75, 3.05) is 0 Å². The molecule has 1 aromatic carbocycles. The molecule has 0 saturated carbocycles. The Morgan fingerprint density at radius 3 is 3.00 bits per heavy atom. The summed E-state index contributed by atoms with van der Waals surface area (Å²) in [5, 5.41) is 0. The summed E-state index contributed by atoms with van der Waals surface area (Å²) < 4.78 is 4.11. The van der Waals surface area contributed by atoms with Crippen molar-refractivity contribution in [1.29, 1.82) is 0 Å². The van der Waals surface area contributed by atoms with Gasteiger partial charge < -0.3 is 0 Å².